The Kier molecular flexibility index (Phi) is 3.63. The molecule has 1 saturated heterocycles. The molecule has 0 aromatic carbocycles. The Morgan fingerprint density at radius 1 is 1.53 bits per heavy atom. The highest BCUT2D eigenvalue weighted by atomic mass is 16.5. The van der Waals surface area contributed by atoms with Crippen molar-refractivity contribution in [3.63, 3.8) is 0 Å². The van der Waals surface area contributed by atoms with Gasteiger partial charge in [0.2, 0.25) is 11.8 Å². The summed E-state index contributed by atoms with van der Waals surface area (Å²) in [5.41, 5.74) is 5.60. The molecule has 6 heteroatoms. The first kappa shape index (κ1) is 11.9. The minimum atomic E-state index is 0.215. The third-order valence-corrected chi connectivity index (χ3v) is 2.77. The molecule has 2 heterocycles. The number of hydrogen-bond acceptors (Lipinski definition) is 6. The van der Waals surface area contributed by atoms with Gasteiger partial charge in [-0.15, -0.1) is 0 Å². The van der Waals surface area contributed by atoms with E-state index < -0.39 is 0 Å². The van der Waals surface area contributed by atoms with Gasteiger partial charge in [0.1, 0.15) is 5.82 Å². The molecule has 2 rings (SSSR count). The van der Waals surface area contributed by atoms with Crippen molar-refractivity contribution in [2.24, 2.45) is 0 Å². The Bertz CT molecular complexity index is 386. The first-order valence-corrected chi connectivity index (χ1v) is 5.74. The highest BCUT2D eigenvalue weighted by molar-refractivity contribution is 5.43. The zero-order chi connectivity index (χ0) is 12.3. The minimum absolute atomic E-state index is 0.215. The minimum Gasteiger partial charge on any atom is -0.481 e. The Morgan fingerprint density at radius 3 is 3.06 bits per heavy atom. The van der Waals surface area contributed by atoms with Crippen LogP contribution in [0.15, 0.2) is 6.07 Å². The van der Waals surface area contributed by atoms with Crippen LogP contribution in [0.4, 0.5) is 11.8 Å². The second-order valence-electron chi connectivity index (χ2n) is 4.20. The van der Waals surface area contributed by atoms with Gasteiger partial charge in [-0.3, -0.25) is 0 Å². The number of hydrogen-bond donors (Lipinski definition) is 2. The number of rotatable bonds is 3. The highest BCUT2D eigenvalue weighted by Crippen LogP contribution is 2.20. The van der Waals surface area contributed by atoms with Crippen LogP contribution in [-0.2, 0) is 4.74 Å². The second kappa shape index (κ2) is 5.18. The van der Waals surface area contributed by atoms with Crippen molar-refractivity contribution in [1.29, 1.82) is 0 Å². The van der Waals surface area contributed by atoms with Crippen LogP contribution in [0.2, 0.25) is 0 Å². The maximum Gasteiger partial charge on any atom is 0.225 e. The maximum atomic E-state index is 5.60. The van der Waals surface area contributed by atoms with E-state index in [9.17, 15) is 0 Å². The molecule has 1 aliphatic heterocycles. The maximum absolute atomic E-state index is 5.60. The first-order chi connectivity index (χ1) is 8.17. The fraction of sp³-hybridized carbons (Fsp3) is 0.636. The number of aromatic nitrogens is 2. The van der Waals surface area contributed by atoms with Crippen LogP contribution in [0.25, 0.3) is 0 Å². The SMILES string of the molecule is COc1cc(NC2CCOC(C)C2)nc(N)n1. The van der Waals surface area contributed by atoms with Gasteiger partial charge in [0.15, 0.2) is 0 Å². The summed E-state index contributed by atoms with van der Waals surface area (Å²) in [6, 6.07) is 2.11. The molecule has 1 fully saturated rings. The van der Waals surface area contributed by atoms with Crippen molar-refractivity contribution >= 4 is 11.8 Å². The van der Waals surface area contributed by atoms with E-state index in [0.717, 1.165) is 19.4 Å². The van der Waals surface area contributed by atoms with Gasteiger partial charge in [0.05, 0.1) is 13.2 Å². The molecule has 0 saturated carbocycles. The van der Waals surface area contributed by atoms with Crippen LogP contribution in [0.3, 0.4) is 0 Å². The molecule has 6 nitrogen and oxygen atoms in total. The normalized spacial score (nSPS) is 24.4. The van der Waals surface area contributed by atoms with E-state index in [-0.39, 0.29) is 12.1 Å². The lowest BCUT2D eigenvalue weighted by Crippen LogP contribution is -2.32. The molecular formula is C11H18N4O2. The summed E-state index contributed by atoms with van der Waals surface area (Å²) in [4.78, 5) is 8.08. The molecule has 1 aliphatic rings. The number of methoxy groups -OCH3 is 1. The number of nitrogen functional groups attached to an aromatic ring is 1. The van der Waals surface area contributed by atoms with Crippen molar-refractivity contribution in [3.05, 3.63) is 6.07 Å². The van der Waals surface area contributed by atoms with Crippen LogP contribution < -0.4 is 15.8 Å². The van der Waals surface area contributed by atoms with Crippen LogP contribution in [0, 0.1) is 0 Å². The predicted octanol–water partition coefficient (Wildman–Crippen LogP) is 1.05. The van der Waals surface area contributed by atoms with Crippen LogP contribution in [0.5, 0.6) is 5.88 Å². The molecule has 1 aromatic rings. The van der Waals surface area contributed by atoms with E-state index >= 15 is 0 Å². The Labute approximate surface area is 101 Å². The molecule has 3 N–H and O–H groups in total. The predicted molar refractivity (Wildman–Crippen MR) is 65.1 cm³/mol. The summed E-state index contributed by atoms with van der Waals surface area (Å²) in [6.45, 7) is 2.85. The van der Waals surface area contributed by atoms with Gasteiger partial charge < -0.3 is 20.5 Å². The number of nitrogens with one attached hydrogen (secondary N) is 1. The average molecular weight is 238 g/mol. The molecule has 2 atom stereocenters. The van der Waals surface area contributed by atoms with E-state index in [1.54, 1.807) is 13.2 Å². The smallest absolute Gasteiger partial charge is 0.225 e. The summed E-state index contributed by atoms with van der Waals surface area (Å²) < 4.78 is 10.5. The quantitative estimate of drug-likeness (QED) is 0.819. The van der Waals surface area contributed by atoms with Gasteiger partial charge in [-0.25, -0.2) is 0 Å². The third-order valence-electron chi connectivity index (χ3n) is 2.77. The number of nitrogens with two attached hydrogens (primary N) is 1. The number of anilines is 2. The lowest BCUT2D eigenvalue weighted by Gasteiger charge is -2.28. The molecular weight excluding hydrogens is 220 g/mol. The Hall–Kier alpha value is -1.56. The fourth-order valence-electron chi connectivity index (χ4n) is 1.96. The van der Waals surface area contributed by atoms with Crippen molar-refractivity contribution in [1.82, 2.24) is 9.97 Å². The largest absolute Gasteiger partial charge is 0.481 e. The molecule has 17 heavy (non-hydrogen) atoms. The van der Waals surface area contributed by atoms with E-state index in [2.05, 4.69) is 22.2 Å². The van der Waals surface area contributed by atoms with E-state index in [4.69, 9.17) is 15.2 Å². The van der Waals surface area contributed by atoms with Crippen LogP contribution in [-0.4, -0.2) is 35.8 Å². The molecule has 1 aromatic heterocycles. The van der Waals surface area contributed by atoms with Crippen LogP contribution in [0.1, 0.15) is 19.8 Å². The summed E-state index contributed by atoms with van der Waals surface area (Å²) in [7, 11) is 1.56. The summed E-state index contributed by atoms with van der Waals surface area (Å²) >= 11 is 0. The van der Waals surface area contributed by atoms with Crippen LogP contribution >= 0.6 is 0 Å². The molecule has 0 radical (unpaired) electrons. The van der Waals surface area contributed by atoms with Gasteiger partial charge in [-0.05, 0) is 19.8 Å². The van der Waals surface area contributed by atoms with Crippen molar-refractivity contribution < 1.29 is 9.47 Å². The highest BCUT2D eigenvalue weighted by Gasteiger charge is 2.19. The van der Waals surface area contributed by atoms with Gasteiger partial charge in [0, 0.05) is 18.7 Å². The van der Waals surface area contributed by atoms with E-state index in [1.807, 2.05) is 0 Å². The average Bonchev–Trinajstić information content (AvgIpc) is 2.28. The molecule has 0 spiro atoms. The molecule has 0 aliphatic carbocycles. The van der Waals surface area contributed by atoms with Gasteiger partial charge in [-0.1, -0.05) is 0 Å². The van der Waals surface area contributed by atoms with Crippen molar-refractivity contribution in [2.45, 2.75) is 31.9 Å². The summed E-state index contributed by atoms with van der Waals surface area (Å²) in [5, 5.41) is 3.34. The standard InChI is InChI=1S/C11H18N4O2/c1-7-5-8(3-4-17-7)13-9-6-10(16-2)15-11(12)14-9/h6-8H,3-5H2,1-2H3,(H3,12,13,14,15). The van der Waals surface area contributed by atoms with Gasteiger partial charge in [-0.2, -0.15) is 9.97 Å². The number of ether oxygens (including phenoxy) is 2. The van der Waals surface area contributed by atoms with Gasteiger partial charge >= 0.3 is 0 Å². The number of nitrogens with zero attached hydrogens (tertiary/aromatic N) is 2. The summed E-state index contributed by atoms with van der Waals surface area (Å²) in [5.74, 6) is 1.39. The molecule has 94 valence electrons. The molecule has 0 bridgehead atoms. The lowest BCUT2D eigenvalue weighted by molar-refractivity contribution is 0.0232. The van der Waals surface area contributed by atoms with Crippen molar-refractivity contribution in [3.8, 4) is 5.88 Å². The van der Waals surface area contributed by atoms with Crippen molar-refractivity contribution in [2.75, 3.05) is 24.8 Å². The zero-order valence-electron chi connectivity index (χ0n) is 10.1. The Balaban J connectivity index is 2.04. The monoisotopic (exact) mass is 238 g/mol. The summed E-state index contributed by atoms with van der Waals surface area (Å²) in [6.07, 6.45) is 2.21. The topological polar surface area (TPSA) is 82.3 Å². The Morgan fingerprint density at radius 2 is 2.35 bits per heavy atom. The molecule has 0 amide bonds. The van der Waals surface area contributed by atoms with Gasteiger partial charge in [0.25, 0.3) is 0 Å². The third kappa shape index (κ3) is 3.20. The first-order valence-electron chi connectivity index (χ1n) is 5.74. The zero-order valence-corrected chi connectivity index (χ0v) is 10.1. The van der Waals surface area contributed by atoms with E-state index in [0.29, 0.717) is 17.7 Å². The fourth-order valence-corrected chi connectivity index (χ4v) is 1.96. The van der Waals surface area contributed by atoms with E-state index in [1.165, 1.54) is 0 Å². The molecule has 2 unspecified atom stereocenters. The second-order valence-corrected chi connectivity index (χ2v) is 4.20. The lowest BCUT2D eigenvalue weighted by atomic mass is 10.0.